The summed E-state index contributed by atoms with van der Waals surface area (Å²) in [6.07, 6.45) is 1.56. The summed E-state index contributed by atoms with van der Waals surface area (Å²) in [5, 5.41) is 7.77. The molecule has 2 N–H and O–H groups in total. The van der Waals surface area contributed by atoms with Crippen molar-refractivity contribution in [3.8, 4) is 5.75 Å². The Bertz CT molecular complexity index is 719. The van der Waals surface area contributed by atoms with Crippen molar-refractivity contribution in [2.45, 2.75) is 12.5 Å². The second kappa shape index (κ2) is 5.01. The van der Waals surface area contributed by atoms with Crippen LogP contribution < -0.4 is 15.4 Å². The van der Waals surface area contributed by atoms with E-state index in [-0.39, 0.29) is 0 Å². The molecule has 0 aliphatic carbocycles. The molecule has 1 aromatic carbocycles. The van der Waals surface area contributed by atoms with Crippen molar-refractivity contribution in [1.82, 2.24) is 4.98 Å². The third kappa shape index (κ3) is 2.45. The van der Waals surface area contributed by atoms with E-state index in [0.717, 1.165) is 0 Å². The van der Waals surface area contributed by atoms with Crippen LogP contribution in [0, 0.1) is 0 Å². The van der Waals surface area contributed by atoms with E-state index in [1.165, 1.54) is 18.3 Å². The molecule has 0 unspecified atom stereocenters. The van der Waals surface area contributed by atoms with Crippen molar-refractivity contribution in [3.63, 3.8) is 0 Å². The second-order valence-corrected chi connectivity index (χ2v) is 5.85. The average molecular weight is 324 g/mol. The standard InChI is InChI=1S/C13H10ClN3O3S/c1-13(11(19)17-12-15-4-5-21-12)10(18)16-8-6-7(14)2-3-9(8)20-13/h2-6H,1H3,(H,16,18)(H,15,17,19)/t13-/m0/s1. The fourth-order valence-electron chi connectivity index (χ4n) is 1.85. The fourth-order valence-corrected chi connectivity index (χ4v) is 2.54. The predicted octanol–water partition coefficient (Wildman–Crippen LogP) is 2.52. The van der Waals surface area contributed by atoms with Gasteiger partial charge in [0.25, 0.3) is 17.4 Å². The molecule has 0 spiro atoms. The maximum Gasteiger partial charge on any atom is 0.280 e. The van der Waals surface area contributed by atoms with Gasteiger partial charge in [0, 0.05) is 16.6 Å². The normalized spacial score (nSPS) is 20.2. The van der Waals surface area contributed by atoms with Crippen molar-refractivity contribution in [3.05, 3.63) is 34.8 Å². The zero-order chi connectivity index (χ0) is 15.0. The molecule has 2 amide bonds. The number of nitrogens with one attached hydrogen (secondary N) is 2. The summed E-state index contributed by atoms with van der Waals surface area (Å²) >= 11 is 7.11. The first-order valence-electron chi connectivity index (χ1n) is 6.00. The van der Waals surface area contributed by atoms with Gasteiger partial charge in [-0.15, -0.1) is 11.3 Å². The van der Waals surface area contributed by atoms with E-state index in [0.29, 0.717) is 21.6 Å². The van der Waals surface area contributed by atoms with Crippen molar-refractivity contribution < 1.29 is 14.3 Å². The number of hydrogen-bond acceptors (Lipinski definition) is 5. The molecule has 1 aromatic heterocycles. The Balaban J connectivity index is 1.89. The number of benzene rings is 1. The lowest BCUT2D eigenvalue weighted by Gasteiger charge is -2.33. The Morgan fingerprint density at radius 1 is 1.52 bits per heavy atom. The van der Waals surface area contributed by atoms with Crippen LogP contribution >= 0.6 is 22.9 Å². The second-order valence-electron chi connectivity index (χ2n) is 4.52. The molecule has 108 valence electrons. The van der Waals surface area contributed by atoms with Gasteiger partial charge in [0.15, 0.2) is 5.13 Å². The first kappa shape index (κ1) is 13.8. The largest absolute Gasteiger partial charge is 0.466 e. The smallest absolute Gasteiger partial charge is 0.280 e. The minimum Gasteiger partial charge on any atom is -0.466 e. The zero-order valence-corrected chi connectivity index (χ0v) is 12.4. The van der Waals surface area contributed by atoms with E-state index in [4.69, 9.17) is 16.3 Å². The lowest BCUT2D eigenvalue weighted by atomic mass is 10.0. The maximum absolute atomic E-state index is 12.3. The van der Waals surface area contributed by atoms with Crippen molar-refractivity contribution >= 4 is 45.6 Å². The van der Waals surface area contributed by atoms with Gasteiger partial charge in [0.2, 0.25) is 0 Å². The molecule has 8 heteroatoms. The van der Waals surface area contributed by atoms with Crippen LogP contribution in [0.25, 0.3) is 0 Å². The van der Waals surface area contributed by atoms with Crippen LogP contribution in [0.2, 0.25) is 5.02 Å². The van der Waals surface area contributed by atoms with E-state index in [9.17, 15) is 9.59 Å². The van der Waals surface area contributed by atoms with Gasteiger partial charge in [-0.3, -0.25) is 14.9 Å². The molecular formula is C13H10ClN3O3S. The molecule has 21 heavy (non-hydrogen) atoms. The summed E-state index contributed by atoms with van der Waals surface area (Å²) in [7, 11) is 0. The summed E-state index contributed by atoms with van der Waals surface area (Å²) in [5.74, 6) is -0.766. The fraction of sp³-hybridized carbons (Fsp3) is 0.154. The summed E-state index contributed by atoms with van der Waals surface area (Å²) in [5.41, 5.74) is -1.24. The number of halogens is 1. The van der Waals surface area contributed by atoms with Gasteiger partial charge in [-0.1, -0.05) is 11.6 Å². The zero-order valence-electron chi connectivity index (χ0n) is 10.8. The van der Waals surface area contributed by atoms with Crippen LogP contribution in [0.3, 0.4) is 0 Å². The van der Waals surface area contributed by atoms with Gasteiger partial charge in [0.1, 0.15) is 5.75 Å². The Morgan fingerprint density at radius 3 is 3.05 bits per heavy atom. The van der Waals surface area contributed by atoms with Crippen molar-refractivity contribution in [2.75, 3.05) is 10.6 Å². The molecule has 6 nitrogen and oxygen atoms in total. The Hall–Kier alpha value is -2.12. The number of rotatable bonds is 2. The highest BCUT2D eigenvalue weighted by Crippen LogP contribution is 2.36. The molecule has 2 aromatic rings. The third-order valence-electron chi connectivity index (χ3n) is 3.02. The van der Waals surface area contributed by atoms with Gasteiger partial charge >= 0.3 is 0 Å². The lowest BCUT2D eigenvalue weighted by molar-refractivity contribution is -0.143. The first-order valence-corrected chi connectivity index (χ1v) is 7.26. The number of amides is 2. The Morgan fingerprint density at radius 2 is 2.33 bits per heavy atom. The summed E-state index contributed by atoms with van der Waals surface area (Å²) in [4.78, 5) is 28.5. The number of carbonyl (C=O) groups excluding carboxylic acids is 2. The van der Waals surface area contributed by atoms with Crippen LogP contribution in [-0.2, 0) is 9.59 Å². The Kier molecular flexibility index (Phi) is 3.30. The Labute approximate surface area is 129 Å². The molecule has 0 saturated heterocycles. The lowest BCUT2D eigenvalue weighted by Crippen LogP contribution is -2.56. The SMILES string of the molecule is C[C@]1(C(=O)Nc2nccs2)Oc2ccc(Cl)cc2NC1=O. The summed E-state index contributed by atoms with van der Waals surface area (Å²) in [6, 6.07) is 4.79. The van der Waals surface area contributed by atoms with Crippen LogP contribution in [0.1, 0.15) is 6.92 Å². The molecular weight excluding hydrogens is 314 g/mol. The highest BCUT2D eigenvalue weighted by molar-refractivity contribution is 7.13. The minimum absolute atomic E-state index is 0.385. The number of aromatic nitrogens is 1. The number of nitrogens with zero attached hydrogens (tertiary/aromatic N) is 1. The number of ether oxygens (including phenoxy) is 1. The number of carbonyl (C=O) groups is 2. The van der Waals surface area contributed by atoms with Gasteiger partial charge in [-0.2, -0.15) is 0 Å². The van der Waals surface area contributed by atoms with Crippen molar-refractivity contribution in [1.29, 1.82) is 0 Å². The van der Waals surface area contributed by atoms with Gasteiger partial charge in [-0.25, -0.2) is 4.98 Å². The molecule has 1 aliphatic rings. The highest BCUT2D eigenvalue weighted by Gasteiger charge is 2.47. The summed E-state index contributed by atoms with van der Waals surface area (Å²) < 4.78 is 5.59. The molecule has 3 rings (SSSR count). The van der Waals surface area contributed by atoms with E-state index in [2.05, 4.69) is 15.6 Å². The number of thiazole rings is 1. The van der Waals surface area contributed by atoms with E-state index < -0.39 is 17.4 Å². The summed E-state index contributed by atoms with van der Waals surface area (Å²) in [6.45, 7) is 1.41. The van der Waals surface area contributed by atoms with E-state index in [1.807, 2.05) is 0 Å². The molecule has 1 atom stereocenters. The predicted molar refractivity (Wildman–Crippen MR) is 79.9 cm³/mol. The van der Waals surface area contributed by atoms with E-state index >= 15 is 0 Å². The quantitative estimate of drug-likeness (QED) is 0.832. The van der Waals surface area contributed by atoms with Gasteiger partial charge < -0.3 is 10.1 Å². The monoisotopic (exact) mass is 323 g/mol. The molecule has 2 heterocycles. The number of anilines is 2. The average Bonchev–Trinajstić information content (AvgIpc) is 2.93. The van der Waals surface area contributed by atoms with Gasteiger partial charge in [0.05, 0.1) is 5.69 Å². The van der Waals surface area contributed by atoms with E-state index in [1.54, 1.807) is 29.8 Å². The van der Waals surface area contributed by atoms with Crippen LogP contribution in [0.5, 0.6) is 5.75 Å². The molecule has 0 saturated carbocycles. The molecule has 1 aliphatic heterocycles. The molecule has 0 radical (unpaired) electrons. The van der Waals surface area contributed by atoms with Gasteiger partial charge in [-0.05, 0) is 25.1 Å². The van der Waals surface area contributed by atoms with Crippen molar-refractivity contribution in [2.24, 2.45) is 0 Å². The molecule has 0 fully saturated rings. The topological polar surface area (TPSA) is 80.3 Å². The van der Waals surface area contributed by atoms with Crippen LogP contribution in [-0.4, -0.2) is 22.4 Å². The first-order chi connectivity index (χ1) is 9.99. The minimum atomic E-state index is -1.67. The number of fused-ring (bicyclic) bond motifs is 1. The van der Waals surface area contributed by atoms with Crippen LogP contribution in [0.4, 0.5) is 10.8 Å². The highest BCUT2D eigenvalue weighted by atomic mass is 35.5. The van der Waals surface area contributed by atoms with Crippen LogP contribution in [0.15, 0.2) is 29.8 Å². The molecule has 0 bridgehead atoms. The third-order valence-corrected chi connectivity index (χ3v) is 3.95. The maximum atomic E-state index is 12.3. The number of hydrogen-bond donors (Lipinski definition) is 2.